The van der Waals surface area contributed by atoms with Crippen molar-refractivity contribution >= 4 is 75.3 Å². The lowest BCUT2D eigenvalue weighted by molar-refractivity contribution is -0.150. The minimum Gasteiger partial charge on any atom is -0.504 e. The standard InChI is InChI=1S/C32H29N9O12S3/c1-32(2,29(51)38-36-23(46)12-3-5-16(42)18(44)7-12)53-40-20(15-11-55-30(33)34-15)24(47)35-21-26(48)41-22(28(49)50)14(9-54-27(21)41)10-56-31-39-37-25(52-31)13-4-6-17(43)19(45)8-13/h3-8,11,21,27,42-45H,9-10H2,1-2H3,(H2,33,34)(H,35,47)(H,36,46)(H,38,51)(H,49,50)/b40-20-/t21-,27-/m1/s1. The number of carboxylic acids is 1. The summed E-state index contributed by atoms with van der Waals surface area (Å²) >= 11 is 3.19. The first kappa shape index (κ1) is 39.2. The van der Waals surface area contributed by atoms with E-state index in [9.17, 15) is 49.5 Å². The third-order valence-corrected chi connectivity index (χ3v) is 10.9. The van der Waals surface area contributed by atoms with Crippen molar-refractivity contribution in [2.24, 2.45) is 5.16 Å². The number of phenolic OH excluding ortho intramolecular Hbond substituents is 4. The fourth-order valence-electron chi connectivity index (χ4n) is 5.00. The van der Waals surface area contributed by atoms with Crippen molar-refractivity contribution in [2.75, 3.05) is 17.2 Å². The van der Waals surface area contributed by atoms with E-state index >= 15 is 0 Å². The van der Waals surface area contributed by atoms with Gasteiger partial charge in [0.2, 0.25) is 11.5 Å². The lowest BCUT2D eigenvalue weighted by Crippen LogP contribution is -2.71. The molecule has 2 atom stereocenters. The van der Waals surface area contributed by atoms with Gasteiger partial charge in [-0.25, -0.2) is 9.78 Å². The molecule has 4 heterocycles. The summed E-state index contributed by atoms with van der Waals surface area (Å²) in [5.41, 5.74) is 8.03. The van der Waals surface area contributed by atoms with E-state index in [-0.39, 0.29) is 56.2 Å². The summed E-state index contributed by atoms with van der Waals surface area (Å²) in [6, 6.07) is 6.01. The maximum absolute atomic E-state index is 13.6. The third-order valence-electron chi connectivity index (χ3n) is 7.95. The van der Waals surface area contributed by atoms with Gasteiger partial charge < -0.3 is 45.8 Å². The molecule has 1 fully saturated rings. The molecule has 0 aliphatic carbocycles. The molecule has 1 saturated heterocycles. The second kappa shape index (κ2) is 15.7. The summed E-state index contributed by atoms with van der Waals surface area (Å²) in [6.45, 7) is 2.55. The minimum absolute atomic E-state index is 0.0447. The van der Waals surface area contributed by atoms with Crippen molar-refractivity contribution in [3.05, 3.63) is 64.3 Å². The summed E-state index contributed by atoms with van der Waals surface area (Å²) in [6.07, 6.45) is 0. The van der Waals surface area contributed by atoms with Gasteiger partial charge in [-0.15, -0.1) is 33.3 Å². The Morgan fingerprint density at radius 2 is 1.77 bits per heavy atom. The number of anilines is 1. The van der Waals surface area contributed by atoms with Crippen molar-refractivity contribution in [1.29, 1.82) is 0 Å². The fraction of sp³-hybridized carbons (Fsp3) is 0.219. The van der Waals surface area contributed by atoms with Gasteiger partial charge in [-0.1, -0.05) is 16.9 Å². The number of benzene rings is 2. The zero-order chi connectivity index (χ0) is 40.5. The molecular weight excluding hydrogens is 799 g/mol. The Balaban J connectivity index is 1.11. The van der Waals surface area contributed by atoms with E-state index in [4.69, 9.17) is 15.0 Å². The van der Waals surface area contributed by atoms with Crippen molar-refractivity contribution in [3.8, 4) is 34.5 Å². The first-order valence-electron chi connectivity index (χ1n) is 15.8. The molecule has 0 bridgehead atoms. The van der Waals surface area contributed by atoms with Crippen LogP contribution in [0.3, 0.4) is 0 Å². The number of aromatic nitrogens is 3. The molecule has 56 heavy (non-hydrogen) atoms. The number of nitrogens with two attached hydrogens (primary N) is 1. The van der Waals surface area contributed by atoms with E-state index in [1.165, 1.54) is 55.3 Å². The van der Waals surface area contributed by atoms with E-state index in [2.05, 4.69) is 36.5 Å². The van der Waals surface area contributed by atoms with Gasteiger partial charge in [0.1, 0.15) is 22.8 Å². The topological polar surface area (TPSA) is 325 Å². The second-order valence-electron chi connectivity index (χ2n) is 12.2. The van der Waals surface area contributed by atoms with E-state index in [0.717, 1.165) is 40.1 Å². The molecule has 4 amide bonds. The Bertz CT molecular complexity index is 2330. The number of nitrogens with one attached hydrogen (secondary N) is 3. The number of nitrogens with zero attached hydrogens (tertiary/aromatic N) is 5. The van der Waals surface area contributed by atoms with Crippen LogP contribution in [0.4, 0.5) is 5.13 Å². The van der Waals surface area contributed by atoms with Gasteiger partial charge in [-0.05, 0) is 55.8 Å². The largest absolute Gasteiger partial charge is 0.504 e. The number of carbonyl (C=O) groups excluding carboxylic acids is 4. The number of aliphatic carboxylic acids is 1. The molecule has 0 unspecified atom stereocenters. The van der Waals surface area contributed by atoms with Crippen LogP contribution in [-0.2, 0) is 24.0 Å². The molecule has 0 spiro atoms. The van der Waals surface area contributed by atoms with Gasteiger partial charge in [0.05, 0.1) is 0 Å². The highest BCUT2D eigenvalue weighted by Gasteiger charge is 2.54. The van der Waals surface area contributed by atoms with Crippen molar-refractivity contribution in [1.82, 2.24) is 36.2 Å². The number of phenols is 4. The summed E-state index contributed by atoms with van der Waals surface area (Å²) in [7, 11) is 0. The third kappa shape index (κ3) is 8.10. The Kier molecular flexibility index (Phi) is 11.0. The quantitative estimate of drug-likeness (QED) is 0.0317. The predicted molar refractivity (Wildman–Crippen MR) is 197 cm³/mol. The second-order valence-corrected chi connectivity index (χ2v) is 15.1. The number of thioether (sulfide) groups is 2. The Morgan fingerprint density at radius 1 is 1.05 bits per heavy atom. The molecule has 2 aliphatic rings. The van der Waals surface area contributed by atoms with Gasteiger partial charge in [0.25, 0.3) is 28.9 Å². The molecule has 24 heteroatoms. The molecule has 0 radical (unpaired) electrons. The fourth-order valence-corrected chi connectivity index (χ4v) is 7.79. The summed E-state index contributed by atoms with van der Waals surface area (Å²) in [4.78, 5) is 75.3. The maximum atomic E-state index is 13.6. The number of carbonyl (C=O) groups is 5. The lowest BCUT2D eigenvalue weighted by Gasteiger charge is -2.49. The van der Waals surface area contributed by atoms with Crippen LogP contribution in [0.1, 0.15) is 29.9 Å². The highest BCUT2D eigenvalue weighted by atomic mass is 32.2. The summed E-state index contributed by atoms with van der Waals surface area (Å²) in [5.74, 6) is -6.28. The molecule has 2 aliphatic heterocycles. The Hall–Kier alpha value is -6.53. The van der Waals surface area contributed by atoms with Gasteiger partial charge >= 0.3 is 5.97 Å². The van der Waals surface area contributed by atoms with Crippen LogP contribution in [0.15, 0.2) is 67.8 Å². The van der Waals surface area contributed by atoms with Crippen LogP contribution >= 0.6 is 34.9 Å². The van der Waals surface area contributed by atoms with Gasteiger partial charge in [-0.3, -0.25) is 34.9 Å². The first-order valence-corrected chi connectivity index (χ1v) is 18.7. The highest BCUT2D eigenvalue weighted by molar-refractivity contribution is 8.01. The number of aromatic hydroxyl groups is 4. The minimum atomic E-state index is -1.83. The average Bonchev–Trinajstić information content (AvgIpc) is 3.82. The van der Waals surface area contributed by atoms with Crippen LogP contribution in [0.2, 0.25) is 0 Å². The van der Waals surface area contributed by atoms with Crippen molar-refractivity contribution in [3.63, 3.8) is 0 Å². The van der Waals surface area contributed by atoms with Crippen LogP contribution in [0.25, 0.3) is 11.5 Å². The summed E-state index contributed by atoms with van der Waals surface area (Å²) < 4.78 is 5.61. The zero-order valence-corrected chi connectivity index (χ0v) is 31.2. The molecule has 10 N–H and O–H groups in total. The number of rotatable bonds is 12. The number of β-lactam (4-membered cyclic amide) rings is 1. The van der Waals surface area contributed by atoms with Crippen LogP contribution in [0.5, 0.6) is 23.0 Å². The molecule has 2 aromatic carbocycles. The number of nitrogen functional groups attached to an aromatic ring is 1. The van der Waals surface area contributed by atoms with Crippen LogP contribution < -0.4 is 21.9 Å². The Labute approximate surface area is 326 Å². The number of hydrogen-bond acceptors (Lipinski definition) is 19. The number of oxime groups is 1. The highest BCUT2D eigenvalue weighted by Crippen LogP contribution is 2.42. The number of hydrazine groups is 1. The normalized spacial score (nSPS) is 16.8. The SMILES string of the molecule is CC(C)(O/N=C(\C(=O)N[C@@H]1C(=O)N2C(C(=O)O)=C(CSc3nnc(-c4ccc(O)c(O)c4)o3)CS[C@H]12)c1csc(N)n1)C(=O)NNC(=O)c1ccc(O)c(O)c1. The van der Waals surface area contributed by atoms with E-state index in [0.29, 0.717) is 11.1 Å². The molecular formula is C32H29N9O12S3. The average molecular weight is 828 g/mol. The van der Waals surface area contributed by atoms with E-state index in [1.807, 2.05) is 0 Å². The Morgan fingerprint density at radius 3 is 2.43 bits per heavy atom. The van der Waals surface area contributed by atoms with Crippen LogP contribution in [0, 0.1) is 0 Å². The van der Waals surface area contributed by atoms with E-state index in [1.54, 1.807) is 0 Å². The van der Waals surface area contributed by atoms with Crippen molar-refractivity contribution in [2.45, 2.75) is 36.1 Å². The predicted octanol–water partition coefficient (Wildman–Crippen LogP) is 1.09. The number of thiazole rings is 1. The van der Waals surface area contributed by atoms with E-state index < -0.39 is 63.8 Å². The number of hydrogen-bond donors (Lipinski definition) is 9. The molecule has 21 nitrogen and oxygen atoms in total. The monoisotopic (exact) mass is 827 g/mol. The first-order chi connectivity index (χ1) is 26.5. The van der Waals surface area contributed by atoms with Gasteiger partial charge in [0, 0.05) is 28.0 Å². The lowest BCUT2D eigenvalue weighted by atomic mass is 10.0. The zero-order valence-electron chi connectivity index (χ0n) is 28.7. The molecule has 4 aromatic rings. The molecule has 0 saturated carbocycles. The number of carboxylic acid groups (broad SMARTS) is 1. The van der Waals surface area contributed by atoms with Crippen molar-refractivity contribution < 1.29 is 58.8 Å². The summed E-state index contributed by atoms with van der Waals surface area (Å²) in [5, 5.41) is 63.5. The smallest absolute Gasteiger partial charge is 0.352 e. The number of amides is 4. The van der Waals surface area contributed by atoms with Gasteiger partial charge in [-0.2, -0.15) is 0 Å². The van der Waals surface area contributed by atoms with Gasteiger partial charge in [0.15, 0.2) is 33.8 Å². The molecule has 292 valence electrons. The maximum Gasteiger partial charge on any atom is 0.352 e. The molecule has 2 aromatic heterocycles. The number of fused-ring (bicyclic) bond motifs is 1. The molecule has 6 rings (SSSR count). The van der Waals surface area contributed by atoms with Crippen LogP contribution in [-0.4, -0.2) is 109 Å².